The Balaban J connectivity index is 2.13. The maximum Gasteiger partial charge on any atom is 0.414 e. The highest BCUT2D eigenvalue weighted by atomic mass is 16.6. The minimum Gasteiger partial charge on any atom is -0.488 e. The molecule has 4 nitrogen and oxygen atoms in total. The summed E-state index contributed by atoms with van der Waals surface area (Å²) >= 11 is 0. The molecule has 1 amide bonds. The molecule has 0 unspecified atom stereocenters. The number of rotatable bonds is 3. The summed E-state index contributed by atoms with van der Waals surface area (Å²) in [4.78, 5) is 13.5. The van der Waals surface area contributed by atoms with E-state index in [1.807, 2.05) is 45.0 Å². The molecule has 0 bridgehead atoms. The molecular weight excluding hydrogens is 242 g/mol. The lowest BCUT2D eigenvalue weighted by atomic mass is 10.2. The summed E-state index contributed by atoms with van der Waals surface area (Å²) in [5.41, 5.74) is 0.237. The number of carbonyl (C=O) groups is 1. The molecule has 0 aliphatic heterocycles. The Morgan fingerprint density at radius 2 is 1.89 bits per heavy atom. The first kappa shape index (κ1) is 13.7. The number of anilines is 1. The molecule has 0 heterocycles. The Hall–Kier alpha value is -1.71. The topological polar surface area (TPSA) is 38.8 Å². The molecular formula is C15H21NO3. The van der Waals surface area contributed by atoms with Crippen LogP contribution in [0.2, 0.25) is 0 Å². The van der Waals surface area contributed by atoms with E-state index in [0.29, 0.717) is 6.10 Å². The number of carbonyl (C=O) groups excluding carboxylic acids is 1. The van der Waals surface area contributed by atoms with Gasteiger partial charge in [0.2, 0.25) is 0 Å². The maximum absolute atomic E-state index is 12.1. The maximum atomic E-state index is 12.1. The van der Waals surface area contributed by atoms with Gasteiger partial charge < -0.3 is 9.47 Å². The number of benzene rings is 1. The van der Waals surface area contributed by atoms with Gasteiger partial charge in [0, 0.05) is 7.05 Å². The van der Waals surface area contributed by atoms with Crippen molar-refractivity contribution in [2.75, 3.05) is 11.9 Å². The second-order valence-electron chi connectivity index (χ2n) is 5.82. The van der Waals surface area contributed by atoms with Crippen LogP contribution in [-0.4, -0.2) is 24.8 Å². The van der Waals surface area contributed by atoms with Crippen LogP contribution in [0.1, 0.15) is 33.6 Å². The van der Waals surface area contributed by atoms with Crippen LogP contribution in [0, 0.1) is 0 Å². The lowest BCUT2D eigenvalue weighted by molar-refractivity contribution is 0.0588. The van der Waals surface area contributed by atoms with Crippen molar-refractivity contribution in [2.24, 2.45) is 0 Å². The van der Waals surface area contributed by atoms with Crippen molar-refractivity contribution in [3.8, 4) is 5.75 Å². The first-order chi connectivity index (χ1) is 8.87. The van der Waals surface area contributed by atoms with Crippen LogP contribution in [0.25, 0.3) is 0 Å². The third-order valence-electron chi connectivity index (χ3n) is 2.71. The highest BCUT2D eigenvalue weighted by Gasteiger charge is 2.27. The van der Waals surface area contributed by atoms with E-state index in [4.69, 9.17) is 9.47 Å². The molecule has 2 rings (SSSR count). The average Bonchev–Trinajstić information content (AvgIpc) is 3.10. The van der Waals surface area contributed by atoms with Crippen LogP contribution < -0.4 is 9.64 Å². The third kappa shape index (κ3) is 3.88. The molecule has 1 aromatic rings. The van der Waals surface area contributed by atoms with E-state index in [2.05, 4.69) is 0 Å². The zero-order chi connectivity index (χ0) is 14.0. The zero-order valence-electron chi connectivity index (χ0n) is 12.0. The molecule has 0 atom stereocenters. The van der Waals surface area contributed by atoms with Crippen molar-refractivity contribution < 1.29 is 14.3 Å². The van der Waals surface area contributed by atoms with E-state index in [9.17, 15) is 4.79 Å². The summed E-state index contributed by atoms with van der Waals surface area (Å²) < 4.78 is 11.2. The highest BCUT2D eigenvalue weighted by Crippen LogP contribution is 2.34. The Bertz CT molecular complexity index is 461. The van der Waals surface area contributed by atoms with Crippen molar-refractivity contribution in [3.63, 3.8) is 0 Å². The molecule has 1 saturated carbocycles. The molecule has 1 aliphatic carbocycles. The van der Waals surface area contributed by atoms with Crippen LogP contribution in [0.5, 0.6) is 5.75 Å². The van der Waals surface area contributed by atoms with Gasteiger partial charge in [-0.2, -0.15) is 0 Å². The molecule has 0 radical (unpaired) electrons. The lowest BCUT2D eigenvalue weighted by Crippen LogP contribution is -2.34. The fraction of sp³-hybridized carbons (Fsp3) is 0.533. The van der Waals surface area contributed by atoms with Gasteiger partial charge in [0.1, 0.15) is 11.4 Å². The summed E-state index contributed by atoms with van der Waals surface area (Å²) in [6.45, 7) is 5.56. The number of hydrogen-bond acceptors (Lipinski definition) is 3. The van der Waals surface area contributed by atoms with Crippen LogP contribution >= 0.6 is 0 Å². The van der Waals surface area contributed by atoms with Crippen molar-refractivity contribution in [3.05, 3.63) is 24.3 Å². The van der Waals surface area contributed by atoms with Gasteiger partial charge in [0.05, 0.1) is 11.8 Å². The molecule has 4 heteroatoms. The van der Waals surface area contributed by atoms with Crippen LogP contribution in [0.4, 0.5) is 10.5 Å². The fourth-order valence-electron chi connectivity index (χ4n) is 1.63. The van der Waals surface area contributed by atoms with Crippen LogP contribution in [0.15, 0.2) is 24.3 Å². The molecule has 0 saturated heterocycles. The average molecular weight is 263 g/mol. The Kier molecular flexibility index (Phi) is 3.69. The number of amides is 1. The van der Waals surface area contributed by atoms with E-state index in [-0.39, 0.29) is 6.09 Å². The number of nitrogens with zero attached hydrogens (tertiary/aromatic N) is 1. The van der Waals surface area contributed by atoms with Gasteiger partial charge in [-0.05, 0) is 45.7 Å². The van der Waals surface area contributed by atoms with Gasteiger partial charge in [0.15, 0.2) is 0 Å². The monoisotopic (exact) mass is 263 g/mol. The first-order valence-electron chi connectivity index (χ1n) is 6.59. The van der Waals surface area contributed by atoms with Gasteiger partial charge in [-0.25, -0.2) is 4.79 Å². The van der Waals surface area contributed by atoms with Crippen LogP contribution in [-0.2, 0) is 4.74 Å². The van der Waals surface area contributed by atoms with Crippen molar-refractivity contribution in [1.82, 2.24) is 0 Å². The van der Waals surface area contributed by atoms with Gasteiger partial charge >= 0.3 is 6.09 Å². The van der Waals surface area contributed by atoms with Gasteiger partial charge in [0.25, 0.3) is 0 Å². The number of hydrogen-bond donors (Lipinski definition) is 0. The van der Waals surface area contributed by atoms with Crippen LogP contribution in [0.3, 0.4) is 0 Å². The van der Waals surface area contributed by atoms with Crippen molar-refractivity contribution >= 4 is 11.8 Å². The Morgan fingerprint density at radius 3 is 2.47 bits per heavy atom. The highest BCUT2D eigenvalue weighted by molar-refractivity contribution is 5.89. The van der Waals surface area contributed by atoms with E-state index < -0.39 is 5.60 Å². The summed E-state index contributed by atoms with van der Waals surface area (Å²) in [5, 5.41) is 0. The van der Waals surface area contributed by atoms with Gasteiger partial charge in [-0.15, -0.1) is 0 Å². The predicted octanol–water partition coefficient (Wildman–Crippen LogP) is 3.60. The molecule has 0 spiro atoms. The summed E-state index contributed by atoms with van der Waals surface area (Å²) in [6.07, 6.45) is 2.10. The van der Waals surface area contributed by atoms with Gasteiger partial charge in [-0.3, -0.25) is 4.90 Å². The molecule has 1 fully saturated rings. The molecule has 1 aliphatic rings. The molecule has 104 valence electrons. The Labute approximate surface area is 114 Å². The number of para-hydroxylation sites is 2. The minimum absolute atomic E-state index is 0.299. The molecule has 0 N–H and O–H groups in total. The standard InChI is InChI=1S/C15H21NO3/c1-15(2,3)19-14(17)16(4)12-7-5-6-8-13(12)18-11-9-10-11/h5-8,11H,9-10H2,1-4H3. The van der Waals surface area contributed by atoms with Gasteiger partial charge in [-0.1, -0.05) is 12.1 Å². The molecule has 1 aromatic carbocycles. The van der Waals surface area contributed by atoms with Crippen molar-refractivity contribution in [1.29, 1.82) is 0 Å². The quantitative estimate of drug-likeness (QED) is 0.836. The first-order valence-corrected chi connectivity index (χ1v) is 6.59. The Morgan fingerprint density at radius 1 is 1.26 bits per heavy atom. The summed E-state index contributed by atoms with van der Waals surface area (Å²) in [5.74, 6) is 0.735. The van der Waals surface area contributed by atoms with E-state index >= 15 is 0 Å². The SMILES string of the molecule is CN(C(=O)OC(C)(C)C)c1ccccc1OC1CC1. The third-order valence-corrected chi connectivity index (χ3v) is 2.71. The molecule has 19 heavy (non-hydrogen) atoms. The fourth-order valence-corrected chi connectivity index (χ4v) is 1.63. The minimum atomic E-state index is -0.502. The largest absolute Gasteiger partial charge is 0.488 e. The van der Waals surface area contributed by atoms with E-state index in [1.165, 1.54) is 4.90 Å². The second-order valence-corrected chi connectivity index (χ2v) is 5.82. The van der Waals surface area contributed by atoms with Crippen molar-refractivity contribution in [2.45, 2.75) is 45.3 Å². The molecule has 0 aromatic heterocycles. The number of ether oxygens (including phenoxy) is 2. The lowest BCUT2D eigenvalue weighted by Gasteiger charge is -2.25. The van der Waals surface area contributed by atoms with E-state index in [0.717, 1.165) is 24.3 Å². The zero-order valence-corrected chi connectivity index (χ0v) is 12.0. The normalized spacial score (nSPS) is 14.9. The summed E-state index contributed by atoms with van der Waals surface area (Å²) in [6, 6.07) is 7.54. The van der Waals surface area contributed by atoms with E-state index in [1.54, 1.807) is 7.05 Å². The second kappa shape index (κ2) is 5.11. The predicted molar refractivity (Wildman–Crippen MR) is 74.7 cm³/mol. The smallest absolute Gasteiger partial charge is 0.414 e. The summed E-state index contributed by atoms with van der Waals surface area (Å²) in [7, 11) is 1.70.